The van der Waals surface area contributed by atoms with Crippen LogP contribution >= 0.6 is 23.2 Å². The zero-order valence-corrected chi connectivity index (χ0v) is 11.3. The second-order valence-electron chi connectivity index (χ2n) is 3.78. The lowest BCUT2D eigenvalue weighted by atomic mass is 10.2. The minimum absolute atomic E-state index is 0.486. The van der Waals surface area contributed by atoms with Crippen molar-refractivity contribution in [1.29, 1.82) is 0 Å². The van der Waals surface area contributed by atoms with Crippen LogP contribution in [0.4, 0.5) is 0 Å². The van der Waals surface area contributed by atoms with Gasteiger partial charge in [-0.2, -0.15) is 0 Å². The highest BCUT2D eigenvalue weighted by molar-refractivity contribution is 6.37. The van der Waals surface area contributed by atoms with Crippen LogP contribution in [0.5, 0.6) is 5.75 Å². The molecule has 1 aromatic rings. The molecule has 0 aromatic heterocycles. The number of hydrogen-bond acceptors (Lipinski definition) is 2. The Kier molecular flexibility index (Phi) is 5.39. The van der Waals surface area contributed by atoms with Gasteiger partial charge in [0.05, 0.1) is 17.2 Å². The number of nitrogens with one attached hydrogen (secondary N) is 1. The zero-order valence-electron chi connectivity index (χ0n) is 9.81. The van der Waals surface area contributed by atoms with Crippen LogP contribution in [-0.4, -0.2) is 13.2 Å². The highest BCUT2D eigenvalue weighted by Gasteiger charge is 2.08. The molecular weight excluding hydrogens is 245 g/mol. The second-order valence-corrected chi connectivity index (χ2v) is 4.60. The van der Waals surface area contributed by atoms with Crippen LogP contribution in [0, 0.1) is 0 Å². The summed E-state index contributed by atoms with van der Waals surface area (Å²) >= 11 is 12.1. The number of rotatable bonds is 5. The van der Waals surface area contributed by atoms with Crippen molar-refractivity contribution in [2.75, 3.05) is 7.11 Å². The van der Waals surface area contributed by atoms with Crippen LogP contribution in [0.1, 0.15) is 25.8 Å². The Morgan fingerprint density at radius 2 is 1.88 bits per heavy atom. The number of halogens is 2. The first-order valence-corrected chi connectivity index (χ1v) is 6.09. The summed E-state index contributed by atoms with van der Waals surface area (Å²) in [6, 6.07) is 4.24. The molecule has 1 N–H and O–H groups in total. The van der Waals surface area contributed by atoms with Crippen molar-refractivity contribution in [2.24, 2.45) is 0 Å². The molecule has 0 heterocycles. The van der Waals surface area contributed by atoms with Gasteiger partial charge in [0.2, 0.25) is 0 Å². The summed E-state index contributed by atoms with van der Waals surface area (Å²) in [7, 11) is 1.56. The molecule has 0 spiro atoms. The molecule has 0 amide bonds. The molecule has 2 nitrogen and oxygen atoms in total. The third kappa shape index (κ3) is 3.55. The summed E-state index contributed by atoms with van der Waals surface area (Å²) < 4.78 is 5.09. The molecule has 0 saturated heterocycles. The summed E-state index contributed by atoms with van der Waals surface area (Å²) in [5.74, 6) is 0.538. The van der Waals surface area contributed by atoms with Gasteiger partial charge in [-0.1, -0.05) is 30.1 Å². The number of hydrogen-bond donors (Lipinski definition) is 1. The lowest BCUT2D eigenvalue weighted by Gasteiger charge is -2.13. The van der Waals surface area contributed by atoms with E-state index in [-0.39, 0.29) is 0 Å². The highest BCUT2D eigenvalue weighted by atomic mass is 35.5. The van der Waals surface area contributed by atoms with Gasteiger partial charge in [-0.05, 0) is 31.0 Å². The van der Waals surface area contributed by atoms with Crippen LogP contribution < -0.4 is 10.1 Å². The quantitative estimate of drug-likeness (QED) is 0.869. The minimum atomic E-state index is 0.486. The van der Waals surface area contributed by atoms with Crippen molar-refractivity contribution in [3.8, 4) is 5.75 Å². The Bertz CT molecular complexity index is 332. The molecule has 16 heavy (non-hydrogen) atoms. The van der Waals surface area contributed by atoms with Crippen LogP contribution in [0.2, 0.25) is 10.0 Å². The fraction of sp³-hybridized carbons (Fsp3) is 0.500. The standard InChI is InChI=1S/C12H17Cl2NO/c1-4-8(2)15-7-9-5-10(13)12(16-3)11(14)6-9/h5-6,8,15H,4,7H2,1-3H3/t8-/m0/s1. The smallest absolute Gasteiger partial charge is 0.156 e. The van der Waals surface area contributed by atoms with Crippen molar-refractivity contribution < 1.29 is 4.74 Å². The van der Waals surface area contributed by atoms with E-state index in [1.807, 2.05) is 12.1 Å². The molecule has 90 valence electrons. The Labute approximate surface area is 107 Å². The average Bonchev–Trinajstić information content (AvgIpc) is 2.25. The monoisotopic (exact) mass is 261 g/mol. The van der Waals surface area contributed by atoms with Gasteiger partial charge in [0.25, 0.3) is 0 Å². The maximum absolute atomic E-state index is 6.05. The fourth-order valence-corrected chi connectivity index (χ4v) is 2.03. The summed E-state index contributed by atoms with van der Waals surface area (Å²) in [6.45, 7) is 5.05. The van der Waals surface area contributed by atoms with Gasteiger partial charge >= 0.3 is 0 Å². The van der Waals surface area contributed by atoms with Gasteiger partial charge in [0.1, 0.15) is 0 Å². The van der Waals surface area contributed by atoms with E-state index in [1.165, 1.54) is 0 Å². The van der Waals surface area contributed by atoms with Crippen molar-refractivity contribution in [2.45, 2.75) is 32.9 Å². The molecule has 1 atom stereocenters. The van der Waals surface area contributed by atoms with E-state index in [2.05, 4.69) is 19.2 Å². The predicted octanol–water partition coefficient (Wildman–Crippen LogP) is 3.89. The molecule has 0 unspecified atom stereocenters. The van der Waals surface area contributed by atoms with Gasteiger partial charge in [-0.15, -0.1) is 0 Å². The first kappa shape index (κ1) is 13.6. The second kappa shape index (κ2) is 6.33. The van der Waals surface area contributed by atoms with E-state index in [4.69, 9.17) is 27.9 Å². The van der Waals surface area contributed by atoms with Gasteiger partial charge in [-0.25, -0.2) is 0 Å². The third-order valence-electron chi connectivity index (χ3n) is 2.53. The maximum atomic E-state index is 6.05. The molecule has 0 saturated carbocycles. The lowest BCUT2D eigenvalue weighted by molar-refractivity contribution is 0.415. The van der Waals surface area contributed by atoms with Crippen LogP contribution in [-0.2, 0) is 6.54 Å². The lowest BCUT2D eigenvalue weighted by Crippen LogP contribution is -2.24. The first-order chi connectivity index (χ1) is 7.58. The summed E-state index contributed by atoms with van der Waals surface area (Å²) in [4.78, 5) is 0. The fourth-order valence-electron chi connectivity index (χ4n) is 1.35. The van der Waals surface area contributed by atoms with Gasteiger partial charge < -0.3 is 10.1 Å². The van der Waals surface area contributed by atoms with E-state index in [9.17, 15) is 0 Å². The molecule has 0 aliphatic carbocycles. The Hall–Kier alpha value is -0.440. The number of ether oxygens (including phenoxy) is 1. The molecule has 0 radical (unpaired) electrons. The van der Waals surface area contributed by atoms with E-state index in [0.29, 0.717) is 21.8 Å². The Morgan fingerprint density at radius 3 is 2.31 bits per heavy atom. The van der Waals surface area contributed by atoms with E-state index >= 15 is 0 Å². The maximum Gasteiger partial charge on any atom is 0.156 e. The Morgan fingerprint density at radius 1 is 1.31 bits per heavy atom. The van der Waals surface area contributed by atoms with Gasteiger partial charge in [0, 0.05) is 12.6 Å². The minimum Gasteiger partial charge on any atom is -0.494 e. The van der Waals surface area contributed by atoms with E-state index in [1.54, 1.807) is 7.11 Å². The number of benzene rings is 1. The molecule has 0 aliphatic rings. The SMILES string of the molecule is CC[C@H](C)NCc1cc(Cl)c(OC)c(Cl)c1. The topological polar surface area (TPSA) is 21.3 Å². The average molecular weight is 262 g/mol. The molecule has 0 aliphatic heterocycles. The Balaban J connectivity index is 2.76. The predicted molar refractivity (Wildman–Crippen MR) is 69.6 cm³/mol. The van der Waals surface area contributed by atoms with Crippen molar-refractivity contribution >= 4 is 23.2 Å². The van der Waals surface area contributed by atoms with Crippen LogP contribution in [0.15, 0.2) is 12.1 Å². The summed E-state index contributed by atoms with van der Waals surface area (Å²) in [5, 5.41) is 4.49. The third-order valence-corrected chi connectivity index (χ3v) is 3.09. The van der Waals surface area contributed by atoms with Gasteiger partial charge in [-0.3, -0.25) is 0 Å². The highest BCUT2D eigenvalue weighted by Crippen LogP contribution is 2.33. The normalized spacial score (nSPS) is 12.6. The molecule has 0 bridgehead atoms. The van der Waals surface area contributed by atoms with Crippen molar-refractivity contribution in [3.63, 3.8) is 0 Å². The van der Waals surface area contributed by atoms with Crippen molar-refractivity contribution in [3.05, 3.63) is 27.7 Å². The van der Waals surface area contributed by atoms with E-state index < -0.39 is 0 Å². The largest absolute Gasteiger partial charge is 0.494 e. The summed E-state index contributed by atoms with van der Waals surface area (Å²) in [6.07, 6.45) is 1.09. The van der Waals surface area contributed by atoms with Gasteiger partial charge in [0.15, 0.2) is 5.75 Å². The molecular formula is C12H17Cl2NO. The van der Waals surface area contributed by atoms with E-state index in [0.717, 1.165) is 18.5 Å². The van der Waals surface area contributed by atoms with Crippen LogP contribution in [0.3, 0.4) is 0 Å². The molecule has 1 rings (SSSR count). The number of methoxy groups -OCH3 is 1. The van der Waals surface area contributed by atoms with Crippen molar-refractivity contribution in [1.82, 2.24) is 5.32 Å². The molecule has 4 heteroatoms. The van der Waals surface area contributed by atoms with Crippen LogP contribution in [0.25, 0.3) is 0 Å². The molecule has 0 fully saturated rings. The summed E-state index contributed by atoms with van der Waals surface area (Å²) in [5.41, 5.74) is 1.07. The molecule has 1 aromatic carbocycles. The zero-order chi connectivity index (χ0) is 12.1. The first-order valence-electron chi connectivity index (χ1n) is 5.33.